The fourth-order valence-corrected chi connectivity index (χ4v) is 3.06. The number of benzene rings is 1. The molecule has 0 heterocycles. The number of carbonyl (C=O) groups is 2. The van der Waals surface area contributed by atoms with Gasteiger partial charge in [0.2, 0.25) is 5.91 Å². The monoisotopic (exact) mass is 357 g/mol. The number of alkyl halides is 3. The molecule has 4 nitrogen and oxygen atoms in total. The fourth-order valence-electron chi connectivity index (χ4n) is 3.06. The Hall–Kier alpha value is -2.05. The number of carbonyl (C=O) groups excluding carboxylic acids is 1. The van der Waals surface area contributed by atoms with Crippen LogP contribution in [0.2, 0.25) is 0 Å². The van der Waals surface area contributed by atoms with Gasteiger partial charge in [0.1, 0.15) is 0 Å². The minimum atomic E-state index is -4.26. The van der Waals surface area contributed by atoms with Gasteiger partial charge in [-0.2, -0.15) is 13.2 Å². The molecule has 1 aliphatic carbocycles. The molecule has 25 heavy (non-hydrogen) atoms. The number of carboxylic acids is 1. The van der Waals surface area contributed by atoms with E-state index in [4.69, 9.17) is 0 Å². The third kappa shape index (κ3) is 4.52. The first kappa shape index (κ1) is 19.3. The molecule has 1 amide bonds. The zero-order valence-electron chi connectivity index (χ0n) is 14.2. The van der Waals surface area contributed by atoms with E-state index in [1.54, 1.807) is 38.1 Å². The summed E-state index contributed by atoms with van der Waals surface area (Å²) in [4.78, 5) is 23.5. The van der Waals surface area contributed by atoms with Crippen molar-refractivity contribution in [2.75, 3.05) is 5.32 Å². The smallest absolute Gasteiger partial charge is 0.391 e. The van der Waals surface area contributed by atoms with E-state index < -0.39 is 35.3 Å². The number of rotatable bonds is 4. The van der Waals surface area contributed by atoms with Crippen molar-refractivity contribution in [1.82, 2.24) is 0 Å². The average Bonchev–Trinajstić information content (AvgIpc) is 2.54. The predicted molar refractivity (Wildman–Crippen MR) is 87.2 cm³/mol. The van der Waals surface area contributed by atoms with Crippen LogP contribution in [-0.2, 0) is 15.0 Å². The van der Waals surface area contributed by atoms with Gasteiger partial charge in [0.25, 0.3) is 0 Å². The van der Waals surface area contributed by atoms with Crippen LogP contribution in [-0.4, -0.2) is 23.2 Å². The normalized spacial score (nSPS) is 21.6. The van der Waals surface area contributed by atoms with Crippen LogP contribution in [0.3, 0.4) is 0 Å². The zero-order chi connectivity index (χ0) is 18.8. The number of amides is 1. The van der Waals surface area contributed by atoms with Crippen LogP contribution in [0, 0.1) is 11.8 Å². The predicted octanol–water partition coefficient (Wildman–Crippen LogP) is 4.36. The molecule has 0 radical (unpaired) electrons. The average molecular weight is 357 g/mol. The Morgan fingerprint density at radius 2 is 1.72 bits per heavy atom. The molecule has 1 aliphatic rings. The third-order valence-electron chi connectivity index (χ3n) is 4.92. The summed E-state index contributed by atoms with van der Waals surface area (Å²) in [6.45, 7) is 3.14. The molecule has 0 spiro atoms. The van der Waals surface area contributed by atoms with E-state index >= 15 is 0 Å². The number of halogens is 3. The quantitative estimate of drug-likeness (QED) is 0.842. The summed E-state index contributed by atoms with van der Waals surface area (Å²) in [6.07, 6.45) is -3.54. The Morgan fingerprint density at radius 1 is 1.12 bits per heavy atom. The van der Waals surface area contributed by atoms with E-state index in [0.717, 1.165) is 0 Å². The molecular weight excluding hydrogens is 335 g/mol. The van der Waals surface area contributed by atoms with E-state index in [9.17, 15) is 27.9 Å². The van der Waals surface area contributed by atoms with Gasteiger partial charge in [-0.1, -0.05) is 18.6 Å². The van der Waals surface area contributed by atoms with Gasteiger partial charge in [0.15, 0.2) is 0 Å². The number of carboxylic acid groups (broad SMARTS) is 1. The second kappa shape index (κ2) is 7.06. The van der Waals surface area contributed by atoms with Crippen molar-refractivity contribution in [3.05, 3.63) is 29.8 Å². The highest BCUT2D eigenvalue weighted by Gasteiger charge is 2.43. The highest BCUT2D eigenvalue weighted by molar-refractivity contribution is 5.92. The van der Waals surface area contributed by atoms with Crippen molar-refractivity contribution in [2.45, 2.75) is 51.1 Å². The summed E-state index contributed by atoms with van der Waals surface area (Å²) < 4.78 is 38.5. The van der Waals surface area contributed by atoms with Crippen LogP contribution < -0.4 is 5.32 Å². The number of hydrogen-bond donors (Lipinski definition) is 2. The van der Waals surface area contributed by atoms with Gasteiger partial charge >= 0.3 is 12.1 Å². The van der Waals surface area contributed by atoms with Gasteiger partial charge in [-0.25, -0.2) is 0 Å². The Balaban J connectivity index is 2.02. The third-order valence-corrected chi connectivity index (χ3v) is 4.92. The number of hydrogen-bond acceptors (Lipinski definition) is 2. The molecule has 1 aromatic rings. The van der Waals surface area contributed by atoms with E-state index in [0.29, 0.717) is 24.1 Å². The molecule has 1 aromatic carbocycles. The molecular formula is C18H22F3NO3. The molecule has 0 aliphatic heterocycles. The van der Waals surface area contributed by atoms with E-state index in [2.05, 4.69) is 5.32 Å². The van der Waals surface area contributed by atoms with Crippen LogP contribution >= 0.6 is 0 Å². The van der Waals surface area contributed by atoms with Crippen molar-refractivity contribution < 1.29 is 27.9 Å². The first-order valence-corrected chi connectivity index (χ1v) is 8.23. The molecule has 138 valence electrons. The number of aliphatic carboxylic acids is 1. The van der Waals surface area contributed by atoms with Gasteiger partial charge in [-0.05, 0) is 50.8 Å². The Morgan fingerprint density at radius 3 is 2.24 bits per heavy atom. The summed E-state index contributed by atoms with van der Waals surface area (Å²) in [5, 5.41) is 11.8. The van der Waals surface area contributed by atoms with Gasteiger partial charge in [-0.3, -0.25) is 9.59 Å². The highest BCUT2D eigenvalue weighted by atomic mass is 19.4. The zero-order valence-corrected chi connectivity index (χ0v) is 14.2. The minimum absolute atomic E-state index is 0.0756. The van der Waals surface area contributed by atoms with Crippen molar-refractivity contribution in [3.63, 3.8) is 0 Å². The van der Waals surface area contributed by atoms with Crippen molar-refractivity contribution in [2.24, 2.45) is 11.8 Å². The summed E-state index contributed by atoms with van der Waals surface area (Å²) >= 11 is 0. The molecule has 0 aromatic heterocycles. The fraction of sp³-hybridized carbons (Fsp3) is 0.556. The lowest BCUT2D eigenvalue weighted by Crippen LogP contribution is -2.34. The van der Waals surface area contributed by atoms with Crippen LogP contribution in [0.5, 0.6) is 0 Å². The molecule has 0 bridgehead atoms. The van der Waals surface area contributed by atoms with E-state index in [-0.39, 0.29) is 12.8 Å². The van der Waals surface area contributed by atoms with Gasteiger partial charge in [0.05, 0.1) is 11.3 Å². The maximum atomic E-state index is 12.8. The standard InChI is InChI=1S/C18H22F3NO3/c1-17(2,16(24)25)12-6-8-14(9-7-12)22-15(23)11-4-3-5-13(10-11)18(19,20)21/h6-9,11,13H,3-5,10H2,1-2H3,(H,22,23)(H,24,25). The SMILES string of the molecule is CC(C)(C(=O)O)c1ccc(NC(=O)C2CCCC(C(F)(F)F)C2)cc1. The van der Waals surface area contributed by atoms with Gasteiger partial charge in [0, 0.05) is 11.6 Å². The topological polar surface area (TPSA) is 66.4 Å². The first-order chi connectivity index (χ1) is 11.5. The second-order valence-electron chi connectivity index (χ2n) is 7.10. The first-order valence-electron chi connectivity index (χ1n) is 8.23. The van der Waals surface area contributed by atoms with Crippen molar-refractivity contribution in [1.29, 1.82) is 0 Å². The molecule has 0 saturated heterocycles. The number of nitrogens with one attached hydrogen (secondary N) is 1. The molecule has 2 unspecified atom stereocenters. The summed E-state index contributed by atoms with van der Waals surface area (Å²) in [5.74, 6) is -3.46. The molecule has 1 saturated carbocycles. The van der Waals surface area contributed by atoms with Crippen LogP contribution in [0.1, 0.15) is 45.1 Å². The van der Waals surface area contributed by atoms with Crippen LogP contribution in [0.4, 0.5) is 18.9 Å². The molecule has 2 N–H and O–H groups in total. The van der Waals surface area contributed by atoms with Crippen LogP contribution in [0.15, 0.2) is 24.3 Å². The van der Waals surface area contributed by atoms with Crippen molar-refractivity contribution >= 4 is 17.6 Å². The van der Waals surface area contributed by atoms with E-state index in [1.165, 1.54) is 0 Å². The summed E-state index contributed by atoms with van der Waals surface area (Å²) in [6, 6.07) is 6.34. The van der Waals surface area contributed by atoms with E-state index in [1.807, 2.05) is 0 Å². The Bertz CT molecular complexity index is 638. The van der Waals surface area contributed by atoms with Gasteiger partial charge < -0.3 is 10.4 Å². The largest absolute Gasteiger partial charge is 0.481 e. The lowest BCUT2D eigenvalue weighted by atomic mass is 9.80. The van der Waals surface area contributed by atoms with Crippen molar-refractivity contribution in [3.8, 4) is 0 Å². The Kier molecular flexibility index (Phi) is 5.44. The molecule has 7 heteroatoms. The molecule has 2 rings (SSSR count). The minimum Gasteiger partial charge on any atom is -0.481 e. The number of anilines is 1. The van der Waals surface area contributed by atoms with Crippen LogP contribution in [0.25, 0.3) is 0 Å². The lowest BCUT2D eigenvalue weighted by molar-refractivity contribution is -0.185. The molecule has 1 fully saturated rings. The lowest BCUT2D eigenvalue weighted by Gasteiger charge is -2.29. The summed E-state index contributed by atoms with van der Waals surface area (Å²) in [7, 11) is 0. The molecule has 2 atom stereocenters. The maximum absolute atomic E-state index is 12.8. The summed E-state index contributed by atoms with van der Waals surface area (Å²) in [5.41, 5.74) is -0.0388. The Labute approximate surface area is 144 Å². The second-order valence-corrected chi connectivity index (χ2v) is 7.10. The van der Waals surface area contributed by atoms with Gasteiger partial charge in [-0.15, -0.1) is 0 Å². The maximum Gasteiger partial charge on any atom is 0.391 e. The highest BCUT2D eigenvalue weighted by Crippen LogP contribution is 2.40.